The number of unbranched alkanes of at least 4 members (excludes halogenated alkanes) is 1. The van der Waals surface area contributed by atoms with E-state index in [-0.39, 0.29) is 46.7 Å². The number of imide groups is 2. The second-order valence-electron chi connectivity index (χ2n) is 7.01. The topological polar surface area (TPSA) is 172 Å². The van der Waals surface area contributed by atoms with E-state index in [2.05, 4.69) is 20.1 Å². The Labute approximate surface area is 180 Å². The molecule has 4 amide bonds. The van der Waals surface area contributed by atoms with E-state index < -0.39 is 23.6 Å². The molecule has 0 N–H and O–H groups in total. The van der Waals surface area contributed by atoms with Crippen molar-refractivity contribution in [2.45, 2.75) is 12.8 Å². The van der Waals surface area contributed by atoms with Gasteiger partial charge in [0.15, 0.2) is 0 Å². The van der Waals surface area contributed by atoms with Gasteiger partial charge in [0, 0.05) is 22.9 Å². The molecule has 2 aliphatic heterocycles. The summed E-state index contributed by atoms with van der Waals surface area (Å²) in [5.41, 5.74) is 18.0. The zero-order valence-electron chi connectivity index (χ0n) is 16.5. The maximum atomic E-state index is 12.7. The number of rotatable bonds is 7. The number of carbonyl (C=O) groups is 4. The summed E-state index contributed by atoms with van der Waals surface area (Å²) in [7, 11) is 0. The van der Waals surface area contributed by atoms with Crippen molar-refractivity contribution in [3.05, 3.63) is 79.5 Å². The van der Waals surface area contributed by atoms with Crippen LogP contribution in [0.1, 0.15) is 54.3 Å². The first kappa shape index (κ1) is 20.6. The Morgan fingerprint density at radius 3 is 1.44 bits per heavy atom. The Morgan fingerprint density at radius 2 is 1.06 bits per heavy atom. The summed E-state index contributed by atoms with van der Waals surface area (Å²) < 4.78 is 0. The number of carbonyl (C=O) groups excluding carboxylic acids is 4. The van der Waals surface area contributed by atoms with Crippen molar-refractivity contribution in [3.63, 3.8) is 0 Å². The van der Waals surface area contributed by atoms with Crippen LogP contribution in [0.15, 0.2) is 46.6 Å². The molecule has 0 saturated heterocycles. The number of amides is 4. The van der Waals surface area contributed by atoms with Crippen LogP contribution in [0.4, 0.5) is 11.4 Å². The van der Waals surface area contributed by atoms with Gasteiger partial charge in [0.2, 0.25) is 0 Å². The van der Waals surface area contributed by atoms with Crippen molar-refractivity contribution in [3.8, 4) is 0 Å². The average Bonchev–Trinajstić information content (AvgIpc) is 3.18. The second-order valence-corrected chi connectivity index (χ2v) is 7.01. The Balaban J connectivity index is 1.41. The van der Waals surface area contributed by atoms with Crippen molar-refractivity contribution >= 4 is 35.0 Å². The van der Waals surface area contributed by atoms with Gasteiger partial charge in [0.05, 0.1) is 33.6 Å². The number of benzene rings is 2. The third kappa shape index (κ3) is 3.21. The van der Waals surface area contributed by atoms with Crippen LogP contribution >= 0.6 is 0 Å². The van der Waals surface area contributed by atoms with Crippen LogP contribution in [0.25, 0.3) is 20.9 Å². The van der Waals surface area contributed by atoms with Gasteiger partial charge >= 0.3 is 0 Å². The summed E-state index contributed by atoms with van der Waals surface area (Å²) in [6.07, 6.45) is 0.692. The zero-order chi connectivity index (χ0) is 22.8. The minimum Gasteiger partial charge on any atom is -0.274 e. The Kier molecular flexibility index (Phi) is 5.30. The monoisotopic (exact) mass is 430 g/mol. The smallest absolute Gasteiger partial charge is 0.262 e. The molecule has 0 fully saturated rings. The van der Waals surface area contributed by atoms with E-state index in [0.29, 0.717) is 12.8 Å². The van der Waals surface area contributed by atoms with Crippen molar-refractivity contribution in [2.24, 2.45) is 10.2 Å². The molecular formula is C20H14N8O4. The highest BCUT2D eigenvalue weighted by Gasteiger charge is 2.38. The Bertz CT molecular complexity index is 1190. The van der Waals surface area contributed by atoms with Gasteiger partial charge in [-0.2, -0.15) is 0 Å². The van der Waals surface area contributed by atoms with Gasteiger partial charge in [-0.05, 0) is 36.0 Å². The molecule has 0 aromatic heterocycles. The first-order chi connectivity index (χ1) is 15.5. The first-order valence-electron chi connectivity index (χ1n) is 9.58. The van der Waals surface area contributed by atoms with Gasteiger partial charge in [0.1, 0.15) is 0 Å². The van der Waals surface area contributed by atoms with Gasteiger partial charge in [-0.15, -0.1) is 0 Å². The third-order valence-corrected chi connectivity index (χ3v) is 5.27. The Hall–Kier alpha value is -4.66. The highest BCUT2D eigenvalue weighted by atomic mass is 16.2. The zero-order valence-corrected chi connectivity index (χ0v) is 16.5. The van der Waals surface area contributed by atoms with E-state index in [1.165, 1.54) is 36.4 Å². The molecule has 0 atom stereocenters. The summed E-state index contributed by atoms with van der Waals surface area (Å²) in [5, 5.41) is 6.94. The fraction of sp³-hybridized carbons (Fsp3) is 0.200. The summed E-state index contributed by atoms with van der Waals surface area (Å²) in [6.45, 7) is 0.157. The van der Waals surface area contributed by atoms with E-state index in [4.69, 9.17) is 11.1 Å². The fourth-order valence-electron chi connectivity index (χ4n) is 3.84. The summed E-state index contributed by atoms with van der Waals surface area (Å²) in [4.78, 5) is 58.0. The van der Waals surface area contributed by atoms with Gasteiger partial charge in [0.25, 0.3) is 23.6 Å². The lowest BCUT2D eigenvalue weighted by Gasteiger charge is -2.16. The van der Waals surface area contributed by atoms with Crippen LogP contribution in [0.5, 0.6) is 0 Å². The quantitative estimate of drug-likeness (QED) is 0.210. The van der Waals surface area contributed by atoms with Crippen LogP contribution in [-0.4, -0.2) is 46.5 Å². The molecule has 2 aromatic rings. The molecule has 0 unspecified atom stereocenters. The maximum absolute atomic E-state index is 12.7. The van der Waals surface area contributed by atoms with Gasteiger partial charge in [-0.3, -0.25) is 29.0 Å². The van der Waals surface area contributed by atoms with Crippen LogP contribution in [-0.2, 0) is 0 Å². The number of azide groups is 2. The molecular weight excluding hydrogens is 416 g/mol. The molecule has 0 aliphatic carbocycles. The summed E-state index contributed by atoms with van der Waals surface area (Å²) >= 11 is 0. The van der Waals surface area contributed by atoms with E-state index >= 15 is 0 Å². The minimum atomic E-state index is -0.548. The lowest BCUT2D eigenvalue weighted by Crippen LogP contribution is -2.33. The molecule has 12 nitrogen and oxygen atoms in total. The molecule has 2 aromatic carbocycles. The molecule has 158 valence electrons. The van der Waals surface area contributed by atoms with Gasteiger partial charge < -0.3 is 0 Å². The molecule has 0 radical (unpaired) electrons. The number of fused-ring (bicyclic) bond motifs is 2. The van der Waals surface area contributed by atoms with E-state index in [0.717, 1.165) is 9.80 Å². The van der Waals surface area contributed by atoms with E-state index in [9.17, 15) is 19.2 Å². The molecule has 2 heterocycles. The number of hydrogen-bond donors (Lipinski definition) is 0. The van der Waals surface area contributed by atoms with Crippen LogP contribution < -0.4 is 0 Å². The summed E-state index contributed by atoms with van der Waals surface area (Å²) in [6, 6.07) is 8.97. The van der Waals surface area contributed by atoms with Gasteiger partial charge in [-0.1, -0.05) is 34.5 Å². The third-order valence-electron chi connectivity index (χ3n) is 5.27. The first-order valence-corrected chi connectivity index (χ1v) is 9.58. The number of nitrogens with zero attached hydrogens (tertiary/aromatic N) is 8. The fourth-order valence-corrected chi connectivity index (χ4v) is 3.84. The average molecular weight is 430 g/mol. The minimum absolute atomic E-state index is 0.0706. The largest absolute Gasteiger partial charge is 0.274 e. The highest BCUT2D eigenvalue weighted by molar-refractivity contribution is 6.24. The molecule has 0 bridgehead atoms. The lowest BCUT2D eigenvalue weighted by molar-refractivity contribution is 0.0615. The molecule has 32 heavy (non-hydrogen) atoms. The second kappa shape index (κ2) is 8.23. The molecule has 0 saturated carbocycles. The molecule has 4 rings (SSSR count). The predicted molar refractivity (Wildman–Crippen MR) is 110 cm³/mol. The Morgan fingerprint density at radius 1 is 0.656 bits per heavy atom. The highest BCUT2D eigenvalue weighted by Crippen LogP contribution is 2.33. The van der Waals surface area contributed by atoms with Crippen molar-refractivity contribution in [2.75, 3.05) is 13.1 Å². The normalized spacial score (nSPS) is 14.2. The van der Waals surface area contributed by atoms with E-state index in [1.54, 1.807) is 0 Å². The number of hydrogen-bond acceptors (Lipinski definition) is 6. The molecule has 2 aliphatic rings. The maximum Gasteiger partial charge on any atom is 0.262 e. The van der Waals surface area contributed by atoms with Crippen molar-refractivity contribution in [1.82, 2.24) is 9.80 Å². The predicted octanol–water partition coefficient (Wildman–Crippen LogP) is 4.24. The summed E-state index contributed by atoms with van der Waals surface area (Å²) in [5.74, 6) is -2.07. The van der Waals surface area contributed by atoms with Crippen LogP contribution in [0.3, 0.4) is 0 Å². The van der Waals surface area contributed by atoms with Crippen LogP contribution in [0, 0.1) is 0 Å². The SMILES string of the molecule is [N-]=[N+]=Nc1cccc2c1C(=O)N(CCCCN1C(=O)c3cccc(N=[N+]=[N-])c3C1=O)C2=O. The van der Waals surface area contributed by atoms with E-state index in [1.807, 2.05) is 0 Å². The molecule has 12 heteroatoms. The lowest BCUT2D eigenvalue weighted by atomic mass is 10.1. The van der Waals surface area contributed by atoms with Crippen molar-refractivity contribution in [1.29, 1.82) is 0 Å². The van der Waals surface area contributed by atoms with Crippen LogP contribution in [0.2, 0.25) is 0 Å². The standard InChI is InChI=1S/C20H14N8O4/c21-25-23-13-7-3-5-11-15(13)19(31)27(17(11)29)9-1-2-10-28-18(30)12-6-4-8-14(24-26-22)16(12)20(28)32/h3-8H,1-2,9-10H2. The molecule has 0 spiro atoms. The van der Waals surface area contributed by atoms with Crippen molar-refractivity contribution < 1.29 is 19.2 Å². The van der Waals surface area contributed by atoms with Gasteiger partial charge in [-0.25, -0.2) is 0 Å².